The average molecular weight is 574 g/mol. The van der Waals surface area contributed by atoms with Crippen molar-refractivity contribution in [2.24, 2.45) is 0 Å². The molecule has 4 aromatic rings. The van der Waals surface area contributed by atoms with E-state index in [2.05, 4.69) is 10.3 Å². The van der Waals surface area contributed by atoms with Gasteiger partial charge in [0, 0.05) is 36.0 Å². The predicted molar refractivity (Wildman–Crippen MR) is 148 cm³/mol. The number of carbonyl (C=O) groups is 1. The zero-order valence-electron chi connectivity index (χ0n) is 21.4. The highest BCUT2D eigenvalue weighted by molar-refractivity contribution is 7.21. The minimum atomic E-state index is -0.671. The lowest BCUT2D eigenvalue weighted by Gasteiger charge is -2.37. The molecule has 5 rings (SSSR count). The van der Waals surface area contributed by atoms with Crippen LogP contribution in [-0.2, 0) is 6.54 Å². The molecule has 1 aliphatic carbocycles. The van der Waals surface area contributed by atoms with Crippen LogP contribution in [0.2, 0.25) is 5.02 Å². The topological polar surface area (TPSA) is 54.5 Å². The first-order valence-corrected chi connectivity index (χ1v) is 13.8. The molecule has 0 bridgehead atoms. The summed E-state index contributed by atoms with van der Waals surface area (Å²) >= 11 is 7.39. The third-order valence-corrected chi connectivity index (χ3v) is 9.04. The average Bonchev–Trinajstić information content (AvgIpc) is 3.32. The molecule has 2 aromatic heterocycles. The van der Waals surface area contributed by atoms with E-state index < -0.39 is 17.6 Å². The summed E-state index contributed by atoms with van der Waals surface area (Å²) in [6.45, 7) is 0.189. The number of hydrogen-bond donors (Lipinski definition) is 1. The molecule has 0 spiro atoms. The Morgan fingerprint density at radius 1 is 1.08 bits per heavy atom. The van der Waals surface area contributed by atoms with Crippen molar-refractivity contribution in [1.29, 1.82) is 0 Å². The lowest BCUT2D eigenvalue weighted by molar-refractivity contribution is 0.0604. The van der Waals surface area contributed by atoms with Crippen LogP contribution in [0.4, 0.5) is 13.2 Å². The minimum absolute atomic E-state index is 0.0191. The van der Waals surface area contributed by atoms with Gasteiger partial charge in [-0.1, -0.05) is 17.7 Å². The molecule has 0 unspecified atom stereocenters. The van der Waals surface area contributed by atoms with E-state index in [0.29, 0.717) is 17.4 Å². The molecule has 0 aliphatic heterocycles. The van der Waals surface area contributed by atoms with Crippen LogP contribution in [-0.4, -0.2) is 42.0 Å². The molecule has 0 atom stereocenters. The molecule has 10 heteroatoms. The largest absolute Gasteiger partial charge is 0.496 e. The number of halogens is 4. The summed E-state index contributed by atoms with van der Waals surface area (Å²) < 4.78 is 48.2. The summed E-state index contributed by atoms with van der Waals surface area (Å²) in [6, 6.07) is 10.8. The third-order valence-electron chi connectivity index (χ3n) is 7.36. The van der Waals surface area contributed by atoms with Crippen LogP contribution >= 0.6 is 22.9 Å². The van der Waals surface area contributed by atoms with Crippen LogP contribution in [0.25, 0.3) is 21.2 Å². The fraction of sp³-hybridized carbons (Fsp3) is 0.310. The normalized spacial score (nSPS) is 17.4. The number of amides is 1. The maximum absolute atomic E-state index is 14.6. The van der Waals surface area contributed by atoms with Gasteiger partial charge in [0.05, 0.1) is 22.2 Å². The lowest BCUT2D eigenvalue weighted by atomic mass is 9.89. The number of pyridine rings is 1. The van der Waals surface area contributed by atoms with E-state index in [4.69, 9.17) is 16.3 Å². The molecule has 2 heterocycles. The van der Waals surface area contributed by atoms with Gasteiger partial charge < -0.3 is 15.0 Å². The molecule has 204 valence electrons. The smallest absolute Gasteiger partial charge is 0.266 e. The summed E-state index contributed by atoms with van der Waals surface area (Å²) in [4.78, 5) is 19.7. The second-order valence-electron chi connectivity index (χ2n) is 9.60. The van der Waals surface area contributed by atoms with E-state index >= 15 is 0 Å². The number of hydrogen-bond acceptors (Lipinski definition) is 5. The maximum atomic E-state index is 14.6. The van der Waals surface area contributed by atoms with Crippen molar-refractivity contribution in [2.75, 3.05) is 14.2 Å². The first-order chi connectivity index (χ1) is 18.8. The van der Waals surface area contributed by atoms with E-state index in [1.54, 1.807) is 24.1 Å². The van der Waals surface area contributed by atoms with E-state index in [1.807, 2.05) is 19.2 Å². The Hall–Kier alpha value is -3.14. The van der Waals surface area contributed by atoms with Gasteiger partial charge in [-0.05, 0) is 74.7 Å². The SMILES string of the molecule is CNC1CCC(N(Cc2cc(-c3ccc(F)nc3)ccc2OC)C(=O)c2sc3c(F)ccc(F)c3c2Cl)CC1. The summed E-state index contributed by atoms with van der Waals surface area (Å²) in [5.41, 5.74) is 2.23. The van der Waals surface area contributed by atoms with Crippen molar-refractivity contribution in [3.63, 3.8) is 0 Å². The summed E-state index contributed by atoms with van der Waals surface area (Å²) in [5, 5.41) is 3.15. The Kier molecular flexibility index (Phi) is 8.11. The van der Waals surface area contributed by atoms with Gasteiger partial charge in [-0.3, -0.25) is 4.79 Å². The van der Waals surface area contributed by atoms with E-state index in [0.717, 1.165) is 60.3 Å². The van der Waals surface area contributed by atoms with Crippen LogP contribution in [0, 0.1) is 17.6 Å². The van der Waals surface area contributed by atoms with Crippen LogP contribution < -0.4 is 10.1 Å². The van der Waals surface area contributed by atoms with Crippen molar-refractivity contribution in [1.82, 2.24) is 15.2 Å². The zero-order chi connectivity index (χ0) is 27.7. The van der Waals surface area contributed by atoms with Gasteiger partial charge in [-0.2, -0.15) is 4.39 Å². The van der Waals surface area contributed by atoms with Gasteiger partial charge in [-0.25, -0.2) is 13.8 Å². The van der Waals surface area contributed by atoms with Crippen LogP contribution in [0.5, 0.6) is 5.75 Å². The fourth-order valence-corrected chi connectivity index (χ4v) is 6.73. The molecule has 1 saturated carbocycles. The second-order valence-corrected chi connectivity index (χ2v) is 11.0. The van der Waals surface area contributed by atoms with Crippen LogP contribution in [0.1, 0.15) is 40.9 Å². The Balaban J connectivity index is 1.55. The number of carbonyl (C=O) groups excluding carboxylic acids is 1. The minimum Gasteiger partial charge on any atom is -0.496 e. The highest BCUT2D eigenvalue weighted by atomic mass is 35.5. The quantitative estimate of drug-likeness (QED) is 0.237. The molecular formula is C29H27ClF3N3O2S. The molecule has 39 heavy (non-hydrogen) atoms. The summed E-state index contributed by atoms with van der Waals surface area (Å²) in [5.74, 6) is -1.68. The molecule has 1 aliphatic rings. The third kappa shape index (κ3) is 5.48. The second kappa shape index (κ2) is 11.5. The Morgan fingerprint density at radius 3 is 2.44 bits per heavy atom. The van der Waals surface area contributed by atoms with Gasteiger partial charge in [0.2, 0.25) is 5.95 Å². The molecule has 1 N–H and O–H groups in total. The first-order valence-electron chi connectivity index (χ1n) is 12.6. The molecule has 1 fully saturated rings. The molecule has 0 saturated heterocycles. The van der Waals surface area contributed by atoms with Gasteiger partial charge in [-0.15, -0.1) is 11.3 Å². The number of fused-ring (bicyclic) bond motifs is 1. The predicted octanol–water partition coefficient (Wildman–Crippen LogP) is 7.22. The van der Waals surface area contributed by atoms with Crippen molar-refractivity contribution in [3.05, 3.63) is 81.7 Å². The number of thiophene rings is 1. The number of ether oxygens (including phenoxy) is 1. The van der Waals surface area contributed by atoms with E-state index in [1.165, 1.54) is 12.3 Å². The van der Waals surface area contributed by atoms with Crippen molar-refractivity contribution in [3.8, 4) is 16.9 Å². The molecule has 5 nitrogen and oxygen atoms in total. The number of benzene rings is 2. The van der Waals surface area contributed by atoms with Crippen molar-refractivity contribution in [2.45, 2.75) is 44.3 Å². The molecule has 0 radical (unpaired) electrons. The van der Waals surface area contributed by atoms with Crippen LogP contribution in [0.3, 0.4) is 0 Å². The van der Waals surface area contributed by atoms with Gasteiger partial charge in [0.1, 0.15) is 22.3 Å². The highest BCUT2D eigenvalue weighted by Gasteiger charge is 2.33. The standard InChI is InChI=1S/C29H27ClF3N3O2S/c1-34-19-5-7-20(8-6-19)36(29(37)28-26(30)25-21(31)9-10-22(32)27(25)39-28)15-18-13-16(3-11-23(18)38-2)17-4-12-24(33)35-14-17/h3-4,9-14,19-20,34H,5-8,15H2,1-2H3. The fourth-order valence-electron chi connectivity index (χ4n) is 5.22. The number of aromatic nitrogens is 1. The van der Waals surface area contributed by atoms with Crippen molar-refractivity contribution < 1.29 is 22.7 Å². The summed E-state index contributed by atoms with van der Waals surface area (Å²) in [6.07, 6.45) is 4.72. The van der Waals surface area contributed by atoms with Gasteiger partial charge in [0.15, 0.2) is 0 Å². The van der Waals surface area contributed by atoms with E-state index in [9.17, 15) is 18.0 Å². The molecular weight excluding hydrogens is 547 g/mol. The Labute approximate surface area is 233 Å². The number of methoxy groups -OCH3 is 1. The lowest BCUT2D eigenvalue weighted by Crippen LogP contribution is -2.44. The van der Waals surface area contributed by atoms with Gasteiger partial charge in [0.25, 0.3) is 5.91 Å². The Morgan fingerprint density at radius 2 is 1.79 bits per heavy atom. The van der Waals surface area contributed by atoms with Gasteiger partial charge >= 0.3 is 0 Å². The summed E-state index contributed by atoms with van der Waals surface area (Å²) in [7, 11) is 3.48. The van der Waals surface area contributed by atoms with E-state index in [-0.39, 0.29) is 38.5 Å². The zero-order valence-corrected chi connectivity index (χ0v) is 23.0. The van der Waals surface area contributed by atoms with Crippen molar-refractivity contribution >= 4 is 38.9 Å². The molecule has 1 amide bonds. The number of nitrogens with zero attached hydrogens (tertiary/aromatic N) is 2. The maximum Gasteiger partial charge on any atom is 0.266 e. The number of nitrogens with one attached hydrogen (secondary N) is 1. The monoisotopic (exact) mass is 573 g/mol. The Bertz CT molecular complexity index is 1500. The number of rotatable bonds is 7. The highest BCUT2D eigenvalue weighted by Crippen LogP contribution is 2.40. The van der Waals surface area contributed by atoms with Crippen LogP contribution in [0.15, 0.2) is 48.7 Å². The first kappa shape index (κ1) is 27.4. The molecule has 2 aromatic carbocycles.